The maximum absolute atomic E-state index is 12.4. The summed E-state index contributed by atoms with van der Waals surface area (Å²) in [5.41, 5.74) is 0.323. The summed E-state index contributed by atoms with van der Waals surface area (Å²) in [7, 11) is 0. The number of non-ortho nitro benzene ring substituents is 1. The van der Waals surface area contributed by atoms with Crippen LogP contribution in [0.2, 0.25) is 0 Å². The zero-order chi connectivity index (χ0) is 15.8. The molecule has 6 heteroatoms. The average Bonchev–Trinajstić information content (AvgIpc) is 2.45. The Bertz CT molecular complexity index is 506. The summed E-state index contributed by atoms with van der Waals surface area (Å²) < 4.78 is 0.724. The summed E-state index contributed by atoms with van der Waals surface area (Å²) >= 11 is 2.03. The Kier molecular flexibility index (Phi) is 7.63. The molecular formula is C15H21IN2O3. The zero-order valence-corrected chi connectivity index (χ0v) is 14.6. The molecule has 0 radical (unpaired) electrons. The van der Waals surface area contributed by atoms with Crippen molar-refractivity contribution in [2.24, 2.45) is 0 Å². The van der Waals surface area contributed by atoms with Crippen LogP contribution < -0.4 is 5.32 Å². The molecule has 0 fully saturated rings. The van der Waals surface area contributed by atoms with Crippen molar-refractivity contribution in [3.63, 3.8) is 0 Å². The number of hydrogen-bond donors (Lipinski definition) is 1. The number of carbonyl (C=O) groups is 1. The van der Waals surface area contributed by atoms with E-state index >= 15 is 0 Å². The molecule has 0 aliphatic heterocycles. The fourth-order valence-electron chi connectivity index (χ4n) is 2.15. The van der Waals surface area contributed by atoms with Crippen molar-refractivity contribution in [1.29, 1.82) is 0 Å². The Balaban J connectivity index is 2.85. The van der Waals surface area contributed by atoms with Crippen molar-refractivity contribution in [3.05, 3.63) is 37.4 Å². The van der Waals surface area contributed by atoms with E-state index in [1.807, 2.05) is 22.6 Å². The van der Waals surface area contributed by atoms with Crippen LogP contribution in [-0.2, 0) is 0 Å². The van der Waals surface area contributed by atoms with Gasteiger partial charge in [-0.3, -0.25) is 14.9 Å². The van der Waals surface area contributed by atoms with Crippen LogP contribution >= 0.6 is 22.6 Å². The van der Waals surface area contributed by atoms with Gasteiger partial charge in [-0.1, -0.05) is 33.1 Å². The lowest BCUT2D eigenvalue weighted by Crippen LogP contribution is -2.35. The number of nitrogens with zero attached hydrogens (tertiary/aromatic N) is 1. The number of nitro groups is 1. The van der Waals surface area contributed by atoms with Gasteiger partial charge in [-0.25, -0.2) is 0 Å². The minimum absolute atomic E-state index is 0.0545. The van der Waals surface area contributed by atoms with Gasteiger partial charge >= 0.3 is 0 Å². The number of benzene rings is 1. The van der Waals surface area contributed by atoms with E-state index in [2.05, 4.69) is 19.2 Å². The predicted octanol–water partition coefficient (Wildman–Crippen LogP) is 4.29. The molecule has 21 heavy (non-hydrogen) atoms. The normalized spacial score (nSPS) is 12.0. The number of nitro benzene ring substituents is 1. The Hall–Kier alpha value is -1.18. The molecule has 0 heterocycles. The van der Waals surface area contributed by atoms with E-state index in [-0.39, 0.29) is 17.6 Å². The molecule has 1 rings (SSSR count). The van der Waals surface area contributed by atoms with E-state index in [1.54, 1.807) is 6.07 Å². The van der Waals surface area contributed by atoms with E-state index < -0.39 is 4.92 Å². The van der Waals surface area contributed by atoms with Crippen LogP contribution in [0.15, 0.2) is 18.2 Å². The lowest BCUT2D eigenvalue weighted by Gasteiger charge is -2.18. The van der Waals surface area contributed by atoms with Crippen molar-refractivity contribution in [2.45, 2.75) is 52.0 Å². The highest BCUT2D eigenvalue weighted by atomic mass is 127. The molecular weight excluding hydrogens is 383 g/mol. The number of hydrogen-bond acceptors (Lipinski definition) is 3. The molecule has 0 aromatic heterocycles. The summed E-state index contributed by atoms with van der Waals surface area (Å²) in [4.78, 5) is 22.7. The number of rotatable bonds is 8. The first kappa shape index (κ1) is 17.9. The van der Waals surface area contributed by atoms with Crippen LogP contribution in [0.4, 0.5) is 5.69 Å². The maximum atomic E-state index is 12.4. The maximum Gasteiger partial charge on any atom is 0.270 e. The minimum atomic E-state index is -0.479. The first-order valence-corrected chi connectivity index (χ1v) is 8.32. The van der Waals surface area contributed by atoms with Gasteiger partial charge in [-0.15, -0.1) is 0 Å². The first-order valence-electron chi connectivity index (χ1n) is 7.24. The fraction of sp³-hybridized carbons (Fsp3) is 0.533. The van der Waals surface area contributed by atoms with E-state index in [0.717, 1.165) is 35.7 Å². The van der Waals surface area contributed by atoms with Crippen molar-refractivity contribution >= 4 is 34.2 Å². The molecule has 0 spiro atoms. The van der Waals surface area contributed by atoms with Crippen molar-refractivity contribution in [2.75, 3.05) is 0 Å². The van der Waals surface area contributed by atoms with Gasteiger partial charge in [0.15, 0.2) is 0 Å². The SMILES string of the molecule is CCCCC(CCC)NC(=O)c1cc([N+](=O)[O-])ccc1I. The third kappa shape index (κ3) is 5.61. The smallest absolute Gasteiger partial charge is 0.270 e. The van der Waals surface area contributed by atoms with Crippen LogP contribution in [0.3, 0.4) is 0 Å². The summed E-state index contributed by atoms with van der Waals surface area (Å²) in [5, 5.41) is 13.8. The second-order valence-electron chi connectivity index (χ2n) is 5.02. The largest absolute Gasteiger partial charge is 0.349 e. The molecule has 0 bridgehead atoms. The van der Waals surface area contributed by atoms with E-state index in [0.29, 0.717) is 5.56 Å². The lowest BCUT2D eigenvalue weighted by atomic mass is 10.0. The van der Waals surface area contributed by atoms with E-state index in [9.17, 15) is 14.9 Å². The Morgan fingerprint density at radius 1 is 1.33 bits per heavy atom. The molecule has 1 amide bonds. The van der Waals surface area contributed by atoms with Crippen LogP contribution in [0, 0.1) is 13.7 Å². The molecule has 0 saturated heterocycles. The molecule has 1 unspecified atom stereocenters. The van der Waals surface area contributed by atoms with Gasteiger partial charge < -0.3 is 5.32 Å². The van der Waals surface area contributed by atoms with Gasteiger partial charge in [0.25, 0.3) is 11.6 Å². The predicted molar refractivity (Wildman–Crippen MR) is 91.5 cm³/mol. The van der Waals surface area contributed by atoms with Crippen molar-refractivity contribution < 1.29 is 9.72 Å². The zero-order valence-electron chi connectivity index (χ0n) is 12.4. The number of halogens is 1. The van der Waals surface area contributed by atoms with Crippen LogP contribution in [0.25, 0.3) is 0 Å². The fourth-order valence-corrected chi connectivity index (χ4v) is 2.73. The third-order valence-electron chi connectivity index (χ3n) is 3.28. The highest BCUT2D eigenvalue weighted by molar-refractivity contribution is 14.1. The number of carbonyl (C=O) groups excluding carboxylic acids is 1. The molecule has 1 aromatic carbocycles. The molecule has 1 aromatic rings. The highest BCUT2D eigenvalue weighted by Crippen LogP contribution is 2.20. The topological polar surface area (TPSA) is 72.2 Å². The summed E-state index contributed by atoms with van der Waals surface area (Å²) in [5.74, 6) is -0.224. The second kappa shape index (κ2) is 8.96. The van der Waals surface area contributed by atoms with E-state index in [4.69, 9.17) is 0 Å². The summed E-state index contributed by atoms with van der Waals surface area (Å²) in [6, 6.07) is 4.51. The van der Waals surface area contributed by atoms with E-state index in [1.165, 1.54) is 12.1 Å². The number of nitrogens with one attached hydrogen (secondary N) is 1. The highest BCUT2D eigenvalue weighted by Gasteiger charge is 2.18. The Morgan fingerprint density at radius 3 is 2.62 bits per heavy atom. The van der Waals surface area contributed by atoms with Gasteiger partial charge in [0.1, 0.15) is 0 Å². The van der Waals surface area contributed by atoms with Crippen LogP contribution in [0.1, 0.15) is 56.3 Å². The number of amides is 1. The van der Waals surface area contributed by atoms with Gasteiger partial charge in [0, 0.05) is 21.7 Å². The van der Waals surface area contributed by atoms with Gasteiger partial charge in [0.2, 0.25) is 0 Å². The van der Waals surface area contributed by atoms with Crippen LogP contribution in [-0.4, -0.2) is 16.9 Å². The Labute approximate surface area is 138 Å². The molecule has 1 atom stereocenters. The van der Waals surface area contributed by atoms with Gasteiger partial charge in [0.05, 0.1) is 10.5 Å². The molecule has 0 saturated carbocycles. The molecule has 1 N–H and O–H groups in total. The van der Waals surface area contributed by atoms with Gasteiger partial charge in [-0.05, 0) is 41.5 Å². The quantitative estimate of drug-likeness (QED) is 0.399. The second-order valence-corrected chi connectivity index (χ2v) is 6.18. The van der Waals surface area contributed by atoms with Crippen LogP contribution in [0.5, 0.6) is 0 Å². The molecule has 0 aliphatic carbocycles. The Morgan fingerprint density at radius 2 is 2.05 bits per heavy atom. The number of unbranched alkanes of at least 4 members (excludes halogenated alkanes) is 1. The summed E-state index contributed by atoms with van der Waals surface area (Å²) in [6.45, 7) is 4.20. The van der Waals surface area contributed by atoms with Crippen molar-refractivity contribution in [1.82, 2.24) is 5.32 Å². The first-order chi connectivity index (χ1) is 9.99. The molecule has 0 aliphatic rings. The lowest BCUT2D eigenvalue weighted by molar-refractivity contribution is -0.384. The molecule has 116 valence electrons. The average molecular weight is 404 g/mol. The standard InChI is InChI=1S/C15H21IN2O3/c1-3-5-7-11(6-4-2)17-15(19)13-10-12(18(20)21)8-9-14(13)16/h8-11H,3-7H2,1-2H3,(H,17,19). The third-order valence-corrected chi connectivity index (χ3v) is 4.22. The monoisotopic (exact) mass is 404 g/mol. The van der Waals surface area contributed by atoms with Gasteiger partial charge in [-0.2, -0.15) is 0 Å². The molecule has 5 nitrogen and oxygen atoms in total. The summed E-state index contributed by atoms with van der Waals surface area (Å²) in [6.07, 6.45) is 5.03. The minimum Gasteiger partial charge on any atom is -0.349 e. The van der Waals surface area contributed by atoms with Crippen molar-refractivity contribution in [3.8, 4) is 0 Å².